The number of likely N-dealkylation sites (tertiary alicyclic amines) is 1. The third-order valence-corrected chi connectivity index (χ3v) is 3.98. The van der Waals surface area contributed by atoms with Crippen LogP contribution in [0.2, 0.25) is 0 Å². The van der Waals surface area contributed by atoms with Gasteiger partial charge in [-0.1, -0.05) is 6.07 Å². The second-order valence-corrected chi connectivity index (χ2v) is 5.40. The van der Waals surface area contributed by atoms with E-state index in [4.69, 9.17) is 11.5 Å². The van der Waals surface area contributed by atoms with Gasteiger partial charge < -0.3 is 21.9 Å². The lowest BCUT2D eigenvalue weighted by atomic mass is 9.97. The monoisotopic (exact) mass is 306 g/mol. The summed E-state index contributed by atoms with van der Waals surface area (Å²) in [7, 11) is 0. The molecule has 2 rings (SSSR count). The normalized spacial score (nSPS) is 20.7. The maximum absolute atomic E-state index is 12.5. The fourth-order valence-corrected chi connectivity index (χ4v) is 2.65. The highest BCUT2D eigenvalue weighted by Gasteiger charge is 2.46. The van der Waals surface area contributed by atoms with Crippen LogP contribution in [0.4, 0.5) is 16.2 Å². The molecule has 0 spiro atoms. The number of nitrogen functional groups attached to an aromatic ring is 1. The smallest absolute Gasteiger partial charge is 0.408 e. The lowest BCUT2D eigenvalue weighted by Gasteiger charge is -2.31. The van der Waals surface area contributed by atoms with Gasteiger partial charge in [0, 0.05) is 6.54 Å². The first-order valence-corrected chi connectivity index (χ1v) is 6.77. The van der Waals surface area contributed by atoms with Gasteiger partial charge in [-0.15, -0.1) is 0 Å². The summed E-state index contributed by atoms with van der Waals surface area (Å²) in [5.74, 6) is -1.19. The van der Waals surface area contributed by atoms with Gasteiger partial charge in [0.15, 0.2) is 0 Å². The summed E-state index contributed by atoms with van der Waals surface area (Å²) in [6, 6.07) is 4.52. The molecular weight excluding hydrogens is 288 g/mol. The van der Waals surface area contributed by atoms with Crippen molar-refractivity contribution in [1.82, 2.24) is 4.90 Å². The number of nitrogens with one attached hydrogen (secondary N) is 1. The van der Waals surface area contributed by atoms with Crippen LogP contribution in [-0.4, -0.2) is 40.0 Å². The molecule has 6 N–H and O–H groups in total. The van der Waals surface area contributed by atoms with E-state index in [1.165, 1.54) is 18.2 Å². The first-order valence-electron chi connectivity index (χ1n) is 6.77. The number of hydrogen-bond donors (Lipinski definition) is 4. The van der Waals surface area contributed by atoms with Crippen molar-refractivity contribution in [3.05, 3.63) is 23.8 Å². The second kappa shape index (κ2) is 5.55. The first kappa shape index (κ1) is 15.6. The topological polar surface area (TPSA) is 139 Å². The molecule has 1 atom stereocenters. The van der Waals surface area contributed by atoms with Crippen LogP contribution in [0, 0.1) is 0 Å². The average molecular weight is 306 g/mol. The van der Waals surface area contributed by atoms with Crippen LogP contribution < -0.4 is 16.8 Å². The predicted octanol–water partition coefficient (Wildman–Crippen LogP) is 0.839. The molecule has 1 saturated heterocycles. The number of nitrogens with zero attached hydrogens (tertiary/aromatic N) is 1. The van der Waals surface area contributed by atoms with Crippen LogP contribution in [0.1, 0.15) is 30.1 Å². The molecule has 0 radical (unpaired) electrons. The van der Waals surface area contributed by atoms with Gasteiger partial charge in [0.1, 0.15) is 5.54 Å². The Morgan fingerprint density at radius 3 is 2.64 bits per heavy atom. The summed E-state index contributed by atoms with van der Waals surface area (Å²) in [4.78, 5) is 36.1. The summed E-state index contributed by atoms with van der Waals surface area (Å²) in [5.41, 5.74) is 10.3. The van der Waals surface area contributed by atoms with Gasteiger partial charge >= 0.3 is 6.09 Å². The van der Waals surface area contributed by atoms with Crippen molar-refractivity contribution in [2.45, 2.75) is 25.3 Å². The first-order chi connectivity index (χ1) is 10.3. The number of amides is 3. The molecule has 8 heteroatoms. The number of carboxylic acid groups (broad SMARTS) is 1. The van der Waals surface area contributed by atoms with E-state index in [1.807, 2.05) is 0 Å². The third kappa shape index (κ3) is 2.54. The number of primary amides is 1. The van der Waals surface area contributed by atoms with Crippen LogP contribution in [0.25, 0.3) is 0 Å². The van der Waals surface area contributed by atoms with Crippen molar-refractivity contribution in [2.24, 2.45) is 5.73 Å². The minimum atomic E-state index is -1.17. The summed E-state index contributed by atoms with van der Waals surface area (Å²) in [6.45, 7) is 1.87. The van der Waals surface area contributed by atoms with Gasteiger partial charge in [-0.2, -0.15) is 0 Å². The van der Waals surface area contributed by atoms with E-state index in [0.29, 0.717) is 19.4 Å². The highest BCUT2D eigenvalue weighted by molar-refractivity contribution is 6.06. The summed E-state index contributed by atoms with van der Waals surface area (Å²) >= 11 is 0. The molecule has 0 bridgehead atoms. The van der Waals surface area contributed by atoms with Gasteiger partial charge in [0.05, 0.1) is 16.9 Å². The Balaban J connectivity index is 2.28. The molecule has 1 aromatic carbocycles. The predicted molar refractivity (Wildman–Crippen MR) is 80.4 cm³/mol. The Labute approximate surface area is 127 Å². The number of anilines is 2. The van der Waals surface area contributed by atoms with E-state index >= 15 is 0 Å². The number of carbonyl (C=O) groups is 3. The molecule has 8 nitrogen and oxygen atoms in total. The van der Waals surface area contributed by atoms with E-state index in [9.17, 15) is 19.5 Å². The van der Waals surface area contributed by atoms with Gasteiger partial charge in [-0.25, -0.2) is 4.79 Å². The number of hydrogen-bond acceptors (Lipinski definition) is 4. The summed E-state index contributed by atoms with van der Waals surface area (Å²) in [5, 5.41) is 11.8. The molecule has 0 aliphatic carbocycles. The minimum Gasteiger partial charge on any atom is -0.465 e. The Bertz CT molecular complexity index is 646. The fraction of sp³-hybridized carbons (Fsp3) is 0.357. The Morgan fingerprint density at radius 2 is 2.05 bits per heavy atom. The molecule has 1 unspecified atom stereocenters. The zero-order valence-corrected chi connectivity index (χ0v) is 12.1. The van der Waals surface area contributed by atoms with Crippen LogP contribution in [-0.2, 0) is 4.79 Å². The lowest BCUT2D eigenvalue weighted by Crippen LogP contribution is -2.52. The van der Waals surface area contributed by atoms with Gasteiger partial charge in [-0.3, -0.25) is 14.5 Å². The molecule has 0 saturated carbocycles. The van der Waals surface area contributed by atoms with E-state index in [2.05, 4.69) is 5.32 Å². The van der Waals surface area contributed by atoms with Crippen molar-refractivity contribution in [1.29, 1.82) is 0 Å². The van der Waals surface area contributed by atoms with Crippen molar-refractivity contribution < 1.29 is 19.5 Å². The molecule has 1 heterocycles. The Kier molecular flexibility index (Phi) is 3.94. The van der Waals surface area contributed by atoms with E-state index in [1.54, 1.807) is 6.92 Å². The van der Waals surface area contributed by atoms with E-state index in [-0.39, 0.29) is 16.9 Å². The Morgan fingerprint density at radius 1 is 1.36 bits per heavy atom. The van der Waals surface area contributed by atoms with Crippen molar-refractivity contribution in [3.63, 3.8) is 0 Å². The van der Waals surface area contributed by atoms with E-state index in [0.717, 1.165) is 4.90 Å². The SMILES string of the molecule is CC1(C(=O)Nc2cccc(C(N)=O)c2N)CCCN1C(=O)O. The van der Waals surface area contributed by atoms with Crippen molar-refractivity contribution >= 4 is 29.3 Å². The number of rotatable bonds is 3. The standard InChI is InChI=1S/C14H18N4O4/c1-14(6-3-7-18(14)13(21)22)12(20)17-9-5-2-4-8(10(9)15)11(16)19/h2,4-5H,3,6-7,15H2,1H3,(H2,16,19)(H,17,20)(H,21,22). The van der Waals surface area contributed by atoms with Crippen LogP contribution in [0.3, 0.4) is 0 Å². The Hall–Kier alpha value is -2.77. The third-order valence-electron chi connectivity index (χ3n) is 3.98. The quantitative estimate of drug-likeness (QED) is 0.613. The lowest BCUT2D eigenvalue weighted by molar-refractivity contribution is -0.124. The molecule has 22 heavy (non-hydrogen) atoms. The second-order valence-electron chi connectivity index (χ2n) is 5.40. The highest BCUT2D eigenvalue weighted by atomic mass is 16.4. The van der Waals surface area contributed by atoms with Crippen LogP contribution in [0.15, 0.2) is 18.2 Å². The minimum absolute atomic E-state index is 0.0619. The number of para-hydroxylation sites is 1. The van der Waals surface area contributed by atoms with E-state index < -0.39 is 23.4 Å². The van der Waals surface area contributed by atoms with Gasteiger partial charge in [0.25, 0.3) is 5.91 Å². The zero-order chi connectivity index (χ0) is 16.5. The molecule has 1 fully saturated rings. The highest BCUT2D eigenvalue weighted by Crippen LogP contribution is 2.31. The van der Waals surface area contributed by atoms with Crippen LogP contribution >= 0.6 is 0 Å². The molecule has 1 aromatic rings. The molecule has 1 aliphatic heterocycles. The maximum atomic E-state index is 12.5. The summed E-state index contributed by atoms with van der Waals surface area (Å²) < 4.78 is 0. The van der Waals surface area contributed by atoms with Gasteiger partial charge in [-0.05, 0) is 31.9 Å². The van der Waals surface area contributed by atoms with Crippen molar-refractivity contribution in [2.75, 3.05) is 17.6 Å². The molecule has 1 aliphatic rings. The maximum Gasteiger partial charge on any atom is 0.408 e. The molecule has 3 amide bonds. The van der Waals surface area contributed by atoms with Crippen molar-refractivity contribution in [3.8, 4) is 0 Å². The number of carbonyl (C=O) groups excluding carboxylic acids is 2. The molecule has 118 valence electrons. The molecular formula is C14H18N4O4. The number of benzene rings is 1. The largest absolute Gasteiger partial charge is 0.465 e. The van der Waals surface area contributed by atoms with Crippen LogP contribution in [0.5, 0.6) is 0 Å². The molecule has 0 aromatic heterocycles. The zero-order valence-electron chi connectivity index (χ0n) is 12.1. The fourth-order valence-electron chi connectivity index (χ4n) is 2.65. The number of nitrogens with two attached hydrogens (primary N) is 2. The van der Waals surface area contributed by atoms with Gasteiger partial charge in [0.2, 0.25) is 5.91 Å². The summed E-state index contributed by atoms with van der Waals surface area (Å²) in [6.07, 6.45) is -0.123. The average Bonchev–Trinajstić information content (AvgIpc) is 2.84.